The second kappa shape index (κ2) is 14.7. The van der Waals surface area contributed by atoms with E-state index < -0.39 is 0 Å². The summed E-state index contributed by atoms with van der Waals surface area (Å²) in [5.41, 5.74) is 11.8. The fourth-order valence-electron chi connectivity index (χ4n) is 7.77. The molecule has 1 aliphatic rings. The SMILES string of the molecule is CCC1C(c2ccccc2)=CC(c2ccc(-c3ccc4ccc(-c5nc(-c6ccccc6)nc(-c6ccccc6)n5)cc4c3)cc2)=CC1c1ccccc1. The molecule has 3 nitrogen and oxygen atoms in total. The smallest absolute Gasteiger partial charge is 0.164 e. The number of fused-ring (bicyclic) bond motifs is 1. The van der Waals surface area contributed by atoms with Gasteiger partial charge >= 0.3 is 0 Å². The van der Waals surface area contributed by atoms with E-state index in [0.717, 1.165) is 28.5 Å². The molecule has 2 atom stereocenters. The highest BCUT2D eigenvalue weighted by atomic mass is 15.0. The zero-order valence-corrected chi connectivity index (χ0v) is 30.2. The monoisotopic (exact) mass is 693 g/mol. The maximum Gasteiger partial charge on any atom is 0.164 e. The van der Waals surface area contributed by atoms with Crippen molar-refractivity contribution in [1.82, 2.24) is 15.0 Å². The molecule has 0 spiro atoms. The van der Waals surface area contributed by atoms with Crippen molar-refractivity contribution in [2.75, 3.05) is 0 Å². The summed E-state index contributed by atoms with van der Waals surface area (Å²) in [5.74, 6) is 2.69. The lowest BCUT2D eigenvalue weighted by Crippen LogP contribution is -2.16. The van der Waals surface area contributed by atoms with E-state index in [2.05, 4.69) is 140 Å². The lowest BCUT2D eigenvalue weighted by Gasteiger charge is -2.32. The Morgan fingerprint density at radius 3 is 1.44 bits per heavy atom. The van der Waals surface area contributed by atoms with Crippen LogP contribution < -0.4 is 0 Å². The highest BCUT2D eigenvalue weighted by molar-refractivity contribution is 5.92. The van der Waals surface area contributed by atoms with E-state index >= 15 is 0 Å². The minimum atomic E-state index is 0.303. The van der Waals surface area contributed by atoms with Gasteiger partial charge in [0.1, 0.15) is 0 Å². The molecule has 0 aliphatic heterocycles. The van der Waals surface area contributed by atoms with Gasteiger partial charge in [-0.2, -0.15) is 0 Å². The second-order valence-electron chi connectivity index (χ2n) is 13.9. The maximum atomic E-state index is 4.97. The number of hydrogen-bond donors (Lipinski definition) is 0. The van der Waals surface area contributed by atoms with Crippen LogP contribution in [0.2, 0.25) is 0 Å². The van der Waals surface area contributed by atoms with Crippen LogP contribution in [-0.4, -0.2) is 15.0 Å². The Morgan fingerprint density at radius 1 is 0.407 bits per heavy atom. The fraction of sp³-hybridized carbons (Fsp3) is 0.0784. The molecule has 0 bridgehead atoms. The molecule has 1 aliphatic carbocycles. The zero-order chi connectivity index (χ0) is 36.3. The van der Waals surface area contributed by atoms with Crippen molar-refractivity contribution in [3.05, 3.63) is 211 Å². The third kappa shape index (κ3) is 6.68. The summed E-state index contributed by atoms with van der Waals surface area (Å²) in [6, 6.07) is 64.3. The molecule has 3 heteroatoms. The Morgan fingerprint density at radius 2 is 0.870 bits per heavy atom. The van der Waals surface area contributed by atoms with E-state index in [-0.39, 0.29) is 0 Å². The molecule has 1 aromatic heterocycles. The van der Waals surface area contributed by atoms with Crippen molar-refractivity contribution in [2.45, 2.75) is 19.3 Å². The topological polar surface area (TPSA) is 38.7 Å². The number of benzene rings is 7. The van der Waals surface area contributed by atoms with Gasteiger partial charge in [0, 0.05) is 22.6 Å². The first-order valence-electron chi connectivity index (χ1n) is 18.8. The van der Waals surface area contributed by atoms with E-state index in [1.807, 2.05) is 60.7 Å². The van der Waals surface area contributed by atoms with E-state index in [1.165, 1.54) is 44.3 Å². The molecule has 0 fully saturated rings. The maximum absolute atomic E-state index is 4.97. The van der Waals surface area contributed by atoms with Crippen LogP contribution in [0.25, 0.3) is 67.2 Å². The van der Waals surface area contributed by atoms with Crippen LogP contribution in [0.15, 0.2) is 194 Å². The van der Waals surface area contributed by atoms with Crippen molar-refractivity contribution in [3.8, 4) is 45.3 Å². The van der Waals surface area contributed by atoms with Gasteiger partial charge in [-0.3, -0.25) is 0 Å². The van der Waals surface area contributed by atoms with Crippen molar-refractivity contribution in [2.24, 2.45) is 5.92 Å². The summed E-state index contributed by atoms with van der Waals surface area (Å²) in [7, 11) is 0. The minimum absolute atomic E-state index is 0.303. The Bertz CT molecular complexity index is 2550. The van der Waals surface area contributed by atoms with Crippen molar-refractivity contribution in [3.63, 3.8) is 0 Å². The molecule has 0 saturated heterocycles. The van der Waals surface area contributed by atoms with Gasteiger partial charge in [-0.05, 0) is 74.2 Å². The highest BCUT2D eigenvalue weighted by Gasteiger charge is 2.28. The molecule has 8 aromatic rings. The molecule has 0 N–H and O–H groups in total. The largest absolute Gasteiger partial charge is 0.208 e. The highest BCUT2D eigenvalue weighted by Crippen LogP contribution is 2.45. The third-order valence-corrected chi connectivity index (χ3v) is 10.6. The number of aromatic nitrogens is 3. The summed E-state index contributed by atoms with van der Waals surface area (Å²) >= 11 is 0. The number of rotatable bonds is 8. The van der Waals surface area contributed by atoms with Gasteiger partial charge < -0.3 is 0 Å². The zero-order valence-electron chi connectivity index (χ0n) is 30.2. The van der Waals surface area contributed by atoms with E-state index in [1.54, 1.807) is 0 Å². The van der Waals surface area contributed by atoms with Crippen LogP contribution >= 0.6 is 0 Å². The lowest BCUT2D eigenvalue weighted by atomic mass is 9.72. The molecule has 9 rings (SSSR count). The second-order valence-corrected chi connectivity index (χ2v) is 13.9. The van der Waals surface area contributed by atoms with E-state index in [4.69, 9.17) is 15.0 Å². The van der Waals surface area contributed by atoms with Crippen molar-refractivity contribution < 1.29 is 0 Å². The number of hydrogen-bond acceptors (Lipinski definition) is 3. The Balaban J connectivity index is 1.07. The molecule has 7 aromatic carbocycles. The van der Waals surface area contributed by atoms with Crippen LogP contribution in [0.3, 0.4) is 0 Å². The standard InChI is InChI=1S/C51H39N3/c1-2-46-47(38-15-7-3-8-16-38)33-45(34-48(46)39-17-9-4-10-18-39)37-25-23-35(24-26-37)42-29-27-36-28-30-43(32-44(36)31-42)51-53-49(40-19-11-5-12-20-40)52-50(54-51)41-21-13-6-14-22-41/h3-34,46-47H,2H2,1H3. The normalized spacial score (nSPS) is 15.4. The van der Waals surface area contributed by atoms with E-state index in [9.17, 15) is 0 Å². The first-order chi connectivity index (χ1) is 26.7. The molecular weight excluding hydrogens is 655 g/mol. The average Bonchev–Trinajstić information content (AvgIpc) is 3.26. The van der Waals surface area contributed by atoms with Gasteiger partial charge in [-0.1, -0.05) is 189 Å². The summed E-state index contributed by atoms with van der Waals surface area (Å²) < 4.78 is 0. The van der Waals surface area contributed by atoms with Gasteiger partial charge in [0.05, 0.1) is 0 Å². The molecular formula is C51H39N3. The van der Waals surface area contributed by atoms with Crippen LogP contribution in [0.1, 0.15) is 36.0 Å². The Kier molecular flexibility index (Phi) is 9.04. The summed E-state index contributed by atoms with van der Waals surface area (Å²) in [6.45, 7) is 2.31. The molecule has 0 saturated carbocycles. The Labute approximate surface area is 317 Å². The third-order valence-electron chi connectivity index (χ3n) is 10.6. The van der Waals surface area contributed by atoms with Crippen LogP contribution in [-0.2, 0) is 0 Å². The summed E-state index contributed by atoms with van der Waals surface area (Å²) in [4.78, 5) is 14.8. The Hall–Kier alpha value is -6.71. The van der Waals surface area contributed by atoms with Gasteiger partial charge in [-0.15, -0.1) is 0 Å². The van der Waals surface area contributed by atoms with Gasteiger partial charge in [0.2, 0.25) is 0 Å². The summed E-state index contributed by atoms with van der Waals surface area (Å²) in [5, 5.41) is 2.31. The molecule has 0 radical (unpaired) electrons. The van der Waals surface area contributed by atoms with Crippen molar-refractivity contribution in [1.29, 1.82) is 0 Å². The van der Waals surface area contributed by atoms with Gasteiger partial charge in [0.25, 0.3) is 0 Å². The number of nitrogens with zero attached hydrogens (tertiary/aromatic N) is 3. The predicted octanol–water partition coefficient (Wildman–Crippen LogP) is 13.0. The van der Waals surface area contributed by atoms with Crippen LogP contribution in [0.5, 0.6) is 0 Å². The fourth-order valence-corrected chi connectivity index (χ4v) is 7.77. The molecule has 1 heterocycles. The quantitative estimate of drug-likeness (QED) is 0.159. The van der Waals surface area contributed by atoms with Crippen LogP contribution in [0, 0.1) is 5.92 Å². The molecule has 0 amide bonds. The predicted molar refractivity (Wildman–Crippen MR) is 224 cm³/mol. The first-order valence-corrected chi connectivity index (χ1v) is 18.8. The number of allylic oxidation sites excluding steroid dienone is 4. The van der Waals surface area contributed by atoms with E-state index in [0.29, 0.717) is 29.3 Å². The van der Waals surface area contributed by atoms with Crippen molar-refractivity contribution >= 4 is 21.9 Å². The van der Waals surface area contributed by atoms with Crippen LogP contribution in [0.4, 0.5) is 0 Å². The minimum Gasteiger partial charge on any atom is -0.208 e. The molecule has 2 unspecified atom stereocenters. The first kappa shape index (κ1) is 33.1. The van der Waals surface area contributed by atoms with Gasteiger partial charge in [-0.25, -0.2) is 15.0 Å². The lowest BCUT2D eigenvalue weighted by molar-refractivity contribution is 0.577. The summed E-state index contributed by atoms with van der Waals surface area (Å²) in [6.07, 6.45) is 5.97. The van der Waals surface area contributed by atoms with Gasteiger partial charge in [0.15, 0.2) is 17.5 Å². The average molecular weight is 694 g/mol. The molecule has 258 valence electrons. The molecule has 54 heavy (non-hydrogen) atoms.